The highest BCUT2D eigenvalue weighted by Gasteiger charge is 2.41. The van der Waals surface area contributed by atoms with Gasteiger partial charge in [-0.3, -0.25) is 9.59 Å². The smallest absolute Gasteiger partial charge is 0.406 e. The van der Waals surface area contributed by atoms with Gasteiger partial charge in [0, 0.05) is 26.2 Å². The molecular weight excluding hydrogens is 670 g/mol. The molecule has 1 aliphatic rings. The van der Waals surface area contributed by atoms with E-state index < -0.39 is 56.7 Å². The first-order valence-electron chi connectivity index (χ1n) is 13.1. The summed E-state index contributed by atoms with van der Waals surface area (Å²) in [6.07, 6.45) is -9.89. The number of rotatable bonds is 8. The third-order valence-electron chi connectivity index (χ3n) is 6.68. The van der Waals surface area contributed by atoms with Crippen LogP contribution in [0.5, 0.6) is 11.5 Å². The monoisotopic (exact) mass is 692 g/mol. The molecule has 3 heterocycles. The molecule has 46 heavy (non-hydrogen) atoms. The number of sulfonamides is 1. The average Bonchev–Trinajstić information content (AvgIpc) is 3.44. The Balaban J connectivity index is 1.40. The molecule has 0 bridgehead atoms. The zero-order valence-electron chi connectivity index (χ0n) is 23.3. The number of hydrogen-bond donors (Lipinski definition) is 2. The van der Waals surface area contributed by atoms with Gasteiger partial charge in [0.25, 0.3) is 5.56 Å². The molecule has 1 saturated heterocycles. The van der Waals surface area contributed by atoms with E-state index in [2.05, 4.69) is 30.0 Å². The lowest BCUT2D eigenvalue weighted by Crippen LogP contribution is -2.60. The first kappa shape index (κ1) is 32.9. The Morgan fingerprint density at radius 1 is 1.00 bits per heavy atom. The molecule has 20 heteroatoms. The van der Waals surface area contributed by atoms with Crippen molar-refractivity contribution >= 4 is 42.6 Å². The van der Waals surface area contributed by atoms with E-state index in [1.165, 1.54) is 12.1 Å². The Bertz CT molecular complexity index is 1900. The Morgan fingerprint density at radius 3 is 2.15 bits per heavy atom. The highest BCUT2D eigenvalue weighted by Crippen LogP contribution is 2.32. The second kappa shape index (κ2) is 12.4. The molecule has 4 aromatic rings. The summed E-state index contributed by atoms with van der Waals surface area (Å²) in [7, 11) is -4.46. The van der Waals surface area contributed by atoms with Crippen LogP contribution in [0.4, 0.5) is 31.5 Å². The molecule has 0 radical (unpaired) electrons. The van der Waals surface area contributed by atoms with Gasteiger partial charge < -0.3 is 19.7 Å². The maximum absolute atomic E-state index is 13.7. The maximum atomic E-state index is 13.7. The number of carbonyl (C=O) groups is 1. The number of anilines is 1. The van der Waals surface area contributed by atoms with E-state index in [1.54, 1.807) is 11.8 Å². The van der Waals surface area contributed by atoms with E-state index in [-0.39, 0.29) is 30.9 Å². The van der Waals surface area contributed by atoms with E-state index in [1.807, 2.05) is 0 Å². The number of benzene rings is 2. The minimum Gasteiger partial charge on any atom is -0.406 e. The molecule has 1 aliphatic heterocycles. The normalized spacial score (nSPS) is 16.4. The van der Waals surface area contributed by atoms with Crippen molar-refractivity contribution in [2.45, 2.75) is 37.1 Å². The predicted molar refractivity (Wildman–Crippen MR) is 151 cm³/mol. The lowest BCUT2D eigenvalue weighted by Gasteiger charge is -2.39. The topological polar surface area (TPSA) is 147 Å². The van der Waals surface area contributed by atoms with Gasteiger partial charge in [0.15, 0.2) is 5.13 Å². The van der Waals surface area contributed by atoms with Crippen LogP contribution in [0, 0.1) is 6.92 Å². The maximum Gasteiger partial charge on any atom is 0.573 e. The van der Waals surface area contributed by atoms with Gasteiger partial charge in [0.1, 0.15) is 27.8 Å². The summed E-state index contributed by atoms with van der Waals surface area (Å²) in [5, 5.41) is 9.14. The zero-order valence-corrected chi connectivity index (χ0v) is 25.0. The Kier molecular flexibility index (Phi) is 8.88. The molecule has 0 saturated carbocycles. The van der Waals surface area contributed by atoms with Crippen LogP contribution in [0.25, 0.3) is 10.2 Å². The molecule has 246 valence electrons. The molecule has 2 aromatic heterocycles. The number of H-pyrrole nitrogens is 1. The third-order valence-corrected chi connectivity index (χ3v) is 9.72. The number of hydrogen-bond acceptors (Lipinski definition) is 10. The molecule has 1 atom stereocenters. The summed E-state index contributed by atoms with van der Waals surface area (Å²) < 4.78 is 111. The van der Waals surface area contributed by atoms with Gasteiger partial charge in [-0.15, -0.1) is 26.3 Å². The van der Waals surface area contributed by atoms with Crippen molar-refractivity contribution in [1.29, 1.82) is 0 Å². The van der Waals surface area contributed by atoms with E-state index >= 15 is 0 Å². The van der Waals surface area contributed by atoms with Gasteiger partial charge in [0.05, 0.1) is 10.6 Å². The number of thiazole rings is 1. The van der Waals surface area contributed by atoms with Crippen LogP contribution in [0.2, 0.25) is 0 Å². The van der Waals surface area contributed by atoms with Gasteiger partial charge in [-0.1, -0.05) is 23.5 Å². The molecule has 2 aromatic carbocycles. The Labute approximate surface area is 259 Å². The predicted octanol–water partition coefficient (Wildman–Crippen LogP) is 3.68. The van der Waals surface area contributed by atoms with Crippen LogP contribution in [-0.2, 0) is 21.4 Å². The van der Waals surface area contributed by atoms with Crippen molar-refractivity contribution < 1.29 is 49.0 Å². The number of amides is 1. The van der Waals surface area contributed by atoms with Crippen LogP contribution < -0.4 is 25.2 Å². The van der Waals surface area contributed by atoms with Crippen molar-refractivity contribution in [1.82, 2.24) is 24.8 Å². The van der Waals surface area contributed by atoms with Crippen molar-refractivity contribution in [3.8, 4) is 11.5 Å². The summed E-state index contributed by atoms with van der Waals surface area (Å²) in [6.45, 7) is 0.982. The van der Waals surface area contributed by atoms with E-state index in [9.17, 15) is 44.3 Å². The summed E-state index contributed by atoms with van der Waals surface area (Å²) in [5.41, 5.74) is 0.666. The van der Waals surface area contributed by atoms with Crippen LogP contribution in [0.1, 0.15) is 11.3 Å². The van der Waals surface area contributed by atoms with Gasteiger partial charge >= 0.3 is 12.7 Å². The van der Waals surface area contributed by atoms with Gasteiger partial charge in [-0.05, 0) is 48.9 Å². The van der Waals surface area contributed by atoms with Gasteiger partial charge in [0.2, 0.25) is 15.9 Å². The molecule has 0 unspecified atom stereocenters. The van der Waals surface area contributed by atoms with Crippen molar-refractivity contribution in [3.63, 3.8) is 0 Å². The minimum atomic E-state index is -4.99. The lowest BCUT2D eigenvalue weighted by molar-refractivity contribution is -0.275. The van der Waals surface area contributed by atoms with Gasteiger partial charge in [-0.2, -0.15) is 9.40 Å². The standard InChI is InChI=1S/C26H22F6N6O6S2/c1-14-20-21(23(40)36-35-14)45-24(34-20)37-10-11-38(46(41,42)18-8-6-17(7-9-18)44-26(30,31)32)19(13-37)22(39)33-12-15-2-4-16(5-3-15)43-25(27,28)29/h2-9,19H,10-13H2,1H3,(H,33,39)(H,36,40)/t19-/m1/s1. The van der Waals surface area contributed by atoms with E-state index in [0.29, 0.717) is 21.9 Å². The van der Waals surface area contributed by atoms with Crippen LogP contribution in [-0.4, -0.2) is 72.2 Å². The first-order valence-corrected chi connectivity index (χ1v) is 15.4. The fourth-order valence-corrected chi connectivity index (χ4v) is 7.20. The molecular formula is C26H22F6N6O6S2. The molecule has 0 spiro atoms. The number of aromatic amines is 1. The number of aromatic nitrogens is 3. The number of halogens is 6. The summed E-state index contributed by atoms with van der Waals surface area (Å²) in [4.78, 5) is 31.5. The number of carbonyl (C=O) groups excluding carboxylic acids is 1. The molecule has 5 rings (SSSR count). The number of ether oxygens (including phenoxy) is 2. The summed E-state index contributed by atoms with van der Waals surface area (Å²) in [6, 6.07) is 6.74. The average molecular weight is 693 g/mol. The van der Waals surface area contributed by atoms with Gasteiger partial charge in [-0.25, -0.2) is 18.5 Å². The summed E-state index contributed by atoms with van der Waals surface area (Å²) >= 11 is 1.02. The highest BCUT2D eigenvalue weighted by molar-refractivity contribution is 7.89. The van der Waals surface area contributed by atoms with Crippen LogP contribution in [0.15, 0.2) is 58.2 Å². The lowest BCUT2D eigenvalue weighted by atomic mass is 10.1. The van der Waals surface area contributed by atoms with Crippen molar-refractivity contribution in [3.05, 3.63) is 70.1 Å². The fraction of sp³-hybridized carbons (Fsp3) is 0.308. The molecule has 1 amide bonds. The number of nitrogens with one attached hydrogen (secondary N) is 2. The molecule has 1 fully saturated rings. The minimum absolute atomic E-state index is 0.0309. The second-order valence-electron chi connectivity index (χ2n) is 9.82. The largest absolute Gasteiger partial charge is 0.573 e. The summed E-state index contributed by atoms with van der Waals surface area (Å²) in [5.74, 6) is -1.90. The van der Waals surface area contributed by atoms with E-state index in [4.69, 9.17) is 0 Å². The Morgan fingerprint density at radius 2 is 1.59 bits per heavy atom. The van der Waals surface area contributed by atoms with E-state index in [0.717, 1.165) is 52.0 Å². The second-order valence-corrected chi connectivity index (χ2v) is 12.7. The fourth-order valence-electron chi connectivity index (χ4n) is 4.59. The third kappa shape index (κ3) is 7.50. The number of fused-ring (bicyclic) bond motifs is 1. The van der Waals surface area contributed by atoms with Crippen LogP contribution in [0.3, 0.4) is 0 Å². The number of aryl methyl sites for hydroxylation is 1. The quantitative estimate of drug-likeness (QED) is 0.264. The van der Waals surface area contributed by atoms with Crippen LogP contribution >= 0.6 is 11.3 Å². The number of alkyl halides is 6. The highest BCUT2D eigenvalue weighted by atomic mass is 32.2. The SMILES string of the molecule is Cc1n[nH]c(=O)c2sc(N3CCN(S(=O)(=O)c4ccc(OC(F)(F)F)cc4)[C@@H](C(=O)NCc4ccc(OC(F)(F)F)cc4)C3)nc12. The molecule has 12 nitrogen and oxygen atoms in total. The van der Waals surface area contributed by atoms with Crippen molar-refractivity contribution in [2.24, 2.45) is 0 Å². The number of piperazine rings is 1. The molecule has 0 aliphatic carbocycles. The first-order chi connectivity index (χ1) is 21.5. The Hall–Kier alpha value is -4.43. The van der Waals surface area contributed by atoms with Crippen molar-refractivity contribution in [2.75, 3.05) is 24.5 Å². The molecule has 2 N–H and O–H groups in total. The number of nitrogens with zero attached hydrogens (tertiary/aromatic N) is 4. The zero-order chi connectivity index (χ0) is 33.4.